The highest BCUT2D eigenvalue weighted by Gasteiger charge is 2.39. The van der Waals surface area contributed by atoms with E-state index in [4.69, 9.17) is 0 Å². The molecule has 1 saturated carbocycles. The van der Waals surface area contributed by atoms with Crippen LogP contribution in [0.3, 0.4) is 0 Å². The van der Waals surface area contributed by atoms with Gasteiger partial charge in [0.1, 0.15) is 0 Å². The minimum absolute atomic E-state index is 0.105. The summed E-state index contributed by atoms with van der Waals surface area (Å²) >= 11 is 0. The lowest BCUT2D eigenvalue weighted by atomic mass is 9.79. The molecule has 0 aromatic heterocycles. The summed E-state index contributed by atoms with van der Waals surface area (Å²) in [5.41, 5.74) is 0.457. The number of rotatable bonds is 3. The average molecular weight is 321 g/mol. The van der Waals surface area contributed by atoms with Crippen LogP contribution in [0.25, 0.3) is 0 Å². The molecular weight excluding hydrogens is 298 g/mol. The van der Waals surface area contributed by atoms with Crippen molar-refractivity contribution in [1.29, 1.82) is 0 Å². The highest BCUT2D eigenvalue weighted by Crippen LogP contribution is 2.38. The van der Waals surface area contributed by atoms with E-state index in [-0.39, 0.29) is 16.7 Å². The molecule has 3 rings (SSSR count). The lowest BCUT2D eigenvalue weighted by molar-refractivity contribution is 0.101. The van der Waals surface area contributed by atoms with E-state index in [0.29, 0.717) is 18.0 Å². The van der Waals surface area contributed by atoms with Gasteiger partial charge in [0.2, 0.25) is 10.0 Å². The molecule has 0 unspecified atom stereocenters. The number of carbonyl (C=O) groups excluding carboxylic acids is 1. The molecule has 0 spiro atoms. The van der Waals surface area contributed by atoms with Crippen LogP contribution in [0, 0.1) is 5.92 Å². The Hall–Kier alpha value is -1.20. The Morgan fingerprint density at radius 2 is 1.86 bits per heavy atom. The van der Waals surface area contributed by atoms with Crippen LogP contribution in [0.5, 0.6) is 0 Å². The lowest BCUT2D eigenvalue weighted by Crippen LogP contribution is -2.49. The third-order valence-electron chi connectivity index (χ3n) is 5.04. The Morgan fingerprint density at radius 1 is 1.14 bits per heavy atom. The second kappa shape index (κ2) is 6.13. The van der Waals surface area contributed by atoms with Gasteiger partial charge in [-0.2, -0.15) is 4.31 Å². The fraction of sp³-hybridized carbons (Fsp3) is 0.588. The molecule has 0 N–H and O–H groups in total. The first kappa shape index (κ1) is 15.7. The first-order valence-electron chi connectivity index (χ1n) is 8.13. The molecule has 0 amide bonds. The van der Waals surface area contributed by atoms with Gasteiger partial charge in [-0.05, 0) is 50.7 Å². The number of carbonyl (C=O) groups is 1. The smallest absolute Gasteiger partial charge is 0.243 e. The number of nitrogens with zero attached hydrogens (tertiary/aromatic N) is 1. The number of ketones is 1. The summed E-state index contributed by atoms with van der Waals surface area (Å²) in [5, 5.41) is 0. The zero-order chi connectivity index (χ0) is 15.7. The van der Waals surface area contributed by atoms with Gasteiger partial charge >= 0.3 is 0 Å². The van der Waals surface area contributed by atoms with Crippen molar-refractivity contribution in [2.45, 2.75) is 56.4 Å². The number of hydrogen-bond acceptors (Lipinski definition) is 3. The van der Waals surface area contributed by atoms with Gasteiger partial charge in [-0.15, -0.1) is 0 Å². The van der Waals surface area contributed by atoms with Gasteiger partial charge in [-0.3, -0.25) is 4.79 Å². The van der Waals surface area contributed by atoms with Crippen LogP contribution in [0.2, 0.25) is 0 Å². The summed E-state index contributed by atoms with van der Waals surface area (Å²) in [6.07, 6.45) is 6.52. The van der Waals surface area contributed by atoms with Crippen LogP contribution >= 0.6 is 0 Å². The molecule has 2 fully saturated rings. The summed E-state index contributed by atoms with van der Waals surface area (Å²) in [5.74, 6) is 0.402. The molecule has 1 aliphatic heterocycles. The van der Waals surface area contributed by atoms with Gasteiger partial charge in [-0.1, -0.05) is 25.0 Å². The molecular formula is C17H23NO3S. The summed E-state index contributed by atoms with van der Waals surface area (Å²) < 4.78 is 27.8. The highest BCUT2D eigenvalue weighted by molar-refractivity contribution is 7.89. The van der Waals surface area contributed by atoms with Crippen molar-refractivity contribution in [2.75, 3.05) is 6.54 Å². The second-order valence-corrected chi connectivity index (χ2v) is 8.34. The molecule has 5 heteroatoms. The van der Waals surface area contributed by atoms with E-state index in [9.17, 15) is 13.2 Å². The SMILES string of the molecule is CC(=O)c1cccc(S(=O)(=O)N2CCC[C@H]3CCCC[C@@H]32)c1. The van der Waals surface area contributed by atoms with Crippen molar-refractivity contribution < 1.29 is 13.2 Å². The van der Waals surface area contributed by atoms with Crippen LogP contribution in [-0.4, -0.2) is 31.1 Å². The molecule has 1 saturated heterocycles. The Balaban J connectivity index is 1.94. The van der Waals surface area contributed by atoms with Crippen molar-refractivity contribution in [3.63, 3.8) is 0 Å². The van der Waals surface area contributed by atoms with Gasteiger partial charge in [0, 0.05) is 18.2 Å². The number of fused-ring (bicyclic) bond motifs is 1. The summed E-state index contributed by atoms with van der Waals surface area (Å²) in [7, 11) is -3.51. The Morgan fingerprint density at radius 3 is 2.64 bits per heavy atom. The fourth-order valence-electron chi connectivity index (χ4n) is 3.89. The van der Waals surface area contributed by atoms with E-state index in [1.807, 2.05) is 0 Å². The Bertz CT molecular complexity index is 666. The van der Waals surface area contributed by atoms with Gasteiger partial charge in [0.15, 0.2) is 5.78 Å². The van der Waals surface area contributed by atoms with Crippen molar-refractivity contribution >= 4 is 15.8 Å². The molecule has 1 aromatic rings. The molecule has 4 nitrogen and oxygen atoms in total. The van der Waals surface area contributed by atoms with E-state index in [2.05, 4.69) is 0 Å². The van der Waals surface area contributed by atoms with Crippen molar-refractivity contribution in [3.05, 3.63) is 29.8 Å². The standard InChI is InChI=1S/C17H23NO3S/c1-13(19)15-7-4-9-16(12-15)22(20,21)18-11-5-8-14-6-2-3-10-17(14)18/h4,7,9,12,14,17H,2-3,5-6,8,10-11H2,1H3/t14-,17+/m1/s1. The second-order valence-electron chi connectivity index (χ2n) is 6.45. The monoisotopic (exact) mass is 321 g/mol. The summed E-state index contributed by atoms with van der Waals surface area (Å²) in [6.45, 7) is 2.07. The molecule has 120 valence electrons. The summed E-state index contributed by atoms with van der Waals surface area (Å²) in [6, 6.07) is 6.60. The molecule has 22 heavy (non-hydrogen) atoms. The van der Waals surface area contributed by atoms with E-state index >= 15 is 0 Å². The molecule has 0 radical (unpaired) electrons. The third-order valence-corrected chi connectivity index (χ3v) is 6.96. The summed E-state index contributed by atoms with van der Waals surface area (Å²) in [4.78, 5) is 11.8. The van der Waals surface area contributed by atoms with Gasteiger partial charge in [0.25, 0.3) is 0 Å². The topological polar surface area (TPSA) is 54.5 Å². The number of benzene rings is 1. The van der Waals surface area contributed by atoms with E-state index in [1.165, 1.54) is 19.4 Å². The van der Waals surface area contributed by atoms with Gasteiger partial charge in [0.05, 0.1) is 4.90 Å². The molecule has 2 atom stereocenters. The number of Topliss-reactive ketones (excluding diaryl/α,β-unsaturated/α-hetero) is 1. The lowest BCUT2D eigenvalue weighted by Gasteiger charge is -2.43. The molecule has 1 aliphatic carbocycles. The molecule has 0 bridgehead atoms. The van der Waals surface area contributed by atoms with Gasteiger partial charge < -0.3 is 0 Å². The molecule has 1 aromatic carbocycles. The first-order chi connectivity index (χ1) is 10.5. The normalized spacial score (nSPS) is 26.4. The molecule has 1 heterocycles. The van der Waals surface area contributed by atoms with Crippen molar-refractivity contribution in [3.8, 4) is 0 Å². The van der Waals surface area contributed by atoms with Crippen molar-refractivity contribution in [2.24, 2.45) is 5.92 Å². The first-order valence-corrected chi connectivity index (χ1v) is 9.57. The average Bonchev–Trinajstić information content (AvgIpc) is 2.54. The van der Waals surface area contributed by atoms with E-state index in [1.54, 1.807) is 22.5 Å². The maximum absolute atomic E-state index is 13.0. The number of hydrogen-bond donors (Lipinski definition) is 0. The van der Waals surface area contributed by atoms with E-state index < -0.39 is 10.0 Å². The molecule has 2 aliphatic rings. The van der Waals surface area contributed by atoms with Gasteiger partial charge in [-0.25, -0.2) is 8.42 Å². The zero-order valence-electron chi connectivity index (χ0n) is 13.0. The third kappa shape index (κ3) is 2.84. The number of sulfonamides is 1. The minimum Gasteiger partial charge on any atom is -0.295 e. The maximum atomic E-state index is 13.0. The zero-order valence-corrected chi connectivity index (χ0v) is 13.8. The predicted octanol–water partition coefficient (Wildman–Crippen LogP) is 3.23. The highest BCUT2D eigenvalue weighted by atomic mass is 32.2. The van der Waals surface area contributed by atoms with Crippen LogP contribution in [-0.2, 0) is 10.0 Å². The van der Waals surface area contributed by atoms with E-state index in [0.717, 1.165) is 32.1 Å². The minimum atomic E-state index is -3.51. The Labute approximate surface area is 132 Å². The largest absolute Gasteiger partial charge is 0.295 e. The maximum Gasteiger partial charge on any atom is 0.243 e. The van der Waals surface area contributed by atoms with Crippen LogP contribution in [0.1, 0.15) is 55.8 Å². The predicted molar refractivity (Wildman–Crippen MR) is 85.3 cm³/mol. The van der Waals surface area contributed by atoms with Crippen LogP contribution in [0.4, 0.5) is 0 Å². The fourth-order valence-corrected chi connectivity index (χ4v) is 5.69. The van der Waals surface area contributed by atoms with Crippen molar-refractivity contribution in [1.82, 2.24) is 4.31 Å². The van der Waals surface area contributed by atoms with Crippen LogP contribution < -0.4 is 0 Å². The number of piperidine rings is 1. The van der Waals surface area contributed by atoms with Crippen LogP contribution in [0.15, 0.2) is 29.2 Å². The Kier molecular flexibility index (Phi) is 4.37. The quantitative estimate of drug-likeness (QED) is 0.803.